The maximum atomic E-state index is 13.9. The van der Waals surface area contributed by atoms with Gasteiger partial charge in [-0.05, 0) is 124 Å². The van der Waals surface area contributed by atoms with Gasteiger partial charge in [-0.1, -0.05) is 218 Å². The molecule has 552 valence electrons. The molecule has 0 spiro atoms. The van der Waals surface area contributed by atoms with Gasteiger partial charge in [-0.2, -0.15) is 0 Å². The highest BCUT2D eigenvalue weighted by Gasteiger charge is 2.39. The first-order chi connectivity index (χ1) is 60.6. The lowest BCUT2D eigenvalue weighted by Crippen LogP contribution is -2.57. The van der Waals surface area contributed by atoms with E-state index in [1.807, 2.05) is 54.6 Å². The van der Waals surface area contributed by atoms with Gasteiger partial charge < -0.3 is 29.7 Å². The number of aliphatic hydroxyl groups is 1. The standard InChI is InChI=1S/C24H23N3O3S.C15H14O2S.C14H12O2S.C14H12OS.C14H10OS.C8H8O2S/c1-15(2)25-14-27(26-12-11-19(28)23(29)22(26)24(25)30)21-17-8-4-3-7-16(17)13-31-20-10-6-5-9-18(20)21;1-17-15(16)13-9-5-6-10-14(13)18-11-12-7-3-2-4-8-12;15-14(16)12-8-4-5-9-13(12)17-10-11-6-2-1-3-7-11;2*15-14-11-6-2-1-5-10(11)9-16-13-8-4-3-7-12(13)14;1-10-8(9)6-4-2-3-5-7(6)11/h3-12,15,21,29H,13-14H2,1-2H3;2-10H,11H2,1H3;1-9H,10H2,(H,15,16);1-8,14-15H,9H2;1-8H,9H2;2-5,11H,1H3/i1D3,2D3,13D2,14D2,15D,21D;11D2;10D2;2*9D2;. The summed E-state index contributed by atoms with van der Waals surface area (Å²) < 4.78 is 178. The average Bonchev–Trinajstić information content (AvgIpc) is 1.53. The monoisotopic (exact) mass is 1580 g/mol. The molecule has 14 nitrogen and oxygen atoms in total. The van der Waals surface area contributed by atoms with Crippen LogP contribution in [0.15, 0.2) is 325 Å². The third-order valence-corrected chi connectivity index (χ3v) is 21.0. The highest BCUT2D eigenvalue weighted by molar-refractivity contribution is 7.99. The Morgan fingerprint density at radius 3 is 1.58 bits per heavy atom. The number of aromatic nitrogens is 1. The number of amides is 1. The van der Waals surface area contributed by atoms with E-state index in [4.69, 9.17) is 33.1 Å². The first-order valence-electron chi connectivity index (χ1n) is 42.9. The van der Waals surface area contributed by atoms with E-state index < -0.39 is 102 Å². The quantitative estimate of drug-likeness (QED) is 0.0542. The van der Waals surface area contributed by atoms with Crippen LogP contribution in [0.3, 0.4) is 0 Å². The fraction of sp³-hybridized carbons (Fsp3) is 0.146. The summed E-state index contributed by atoms with van der Waals surface area (Å²) in [4.78, 5) is 75.6. The number of pyridine rings is 1. The molecule has 3 N–H and O–H groups in total. The van der Waals surface area contributed by atoms with E-state index in [9.17, 15) is 43.1 Å². The van der Waals surface area contributed by atoms with Gasteiger partial charge in [-0.25, -0.2) is 14.4 Å². The zero-order valence-electron chi connectivity index (χ0n) is 77.7. The number of nitrogens with zero attached hydrogens (tertiary/aromatic N) is 3. The number of thiol groups is 1. The van der Waals surface area contributed by atoms with Crippen molar-refractivity contribution in [2.75, 3.05) is 25.8 Å². The fourth-order valence-corrected chi connectivity index (χ4v) is 15.0. The predicted molar refractivity (Wildman–Crippen MR) is 442 cm³/mol. The smallest absolute Gasteiger partial charge is 0.338 e. The predicted octanol–water partition coefficient (Wildman–Crippen LogP) is 19.8. The van der Waals surface area contributed by atoms with Crippen molar-refractivity contribution in [2.24, 2.45) is 0 Å². The van der Waals surface area contributed by atoms with Crippen molar-refractivity contribution in [1.29, 1.82) is 0 Å². The molecule has 0 bridgehead atoms. The molecule has 11 aromatic carbocycles. The molecule has 0 saturated heterocycles. The van der Waals surface area contributed by atoms with Crippen LogP contribution in [0.25, 0.3) is 0 Å². The van der Waals surface area contributed by atoms with Crippen LogP contribution in [0, 0.1) is 0 Å². The lowest BCUT2D eigenvalue weighted by molar-refractivity contribution is 0.0588. The van der Waals surface area contributed by atoms with E-state index in [1.54, 1.807) is 176 Å². The van der Waals surface area contributed by atoms with Crippen molar-refractivity contribution < 1.29 is 76.2 Å². The number of fused-ring (bicyclic) bond motifs is 7. The molecule has 16 rings (SSSR count). The van der Waals surface area contributed by atoms with Crippen LogP contribution in [0.5, 0.6) is 5.75 Å². The number of aromatic hydroxyl groups is 1. The van der Waals surface area contributed by atoms with Crippen LogP contribution in [-0.2, 0) is 38.0 Å². The molecule has 0 fully saturated rings. The summed E-state index contributed by atoms with van der Waals surface area (Å²) in [5.74, 6) is -5.07. The molecule has 20 heteroatoms. The Balaban J connectivity index is 0.000000159. The van der Waals surface area contributed by atoms with Crippen molar-refractivity contribution >= 4 is 101 Å². The van der Waals surface area contributed by atoms with Gasteiger partial charge in [0.25, 0.3) is 5.91 Å². The molecule has 4 aliphatic heterocycles. The minimum absolute atomic E-state index is 0.0607. The average molecular weight is 1580 g/mol. The van der Waals surface area contributed by atoms with Crippen LogP contribution in [0.1, 0.15) is 161 Å². The number of thioether (sulfide) groups is 5. The van der Waals surface area contributed by atoms with Crippen molar-refractivity contribution in [3.8, 4) is 5.75 Å². The molecule has 0 aliphatic carbocycles. The summed E-state index contributed by atoms with van der Waals surface area (Å²) in [5.41, 5.74) is -5.66. The van der Waals surface area contributed by atoms with E-state index >= 15 is 0 Å². The number of carboxylic acid groups (broad SMARTS) is 1. The minimum atomic E-state index is -4.01. The number of aromatic carboxylic acids is 1. The van der Waals surface area contributed by atoms with Gasteiger partial charge in [0.2, 0.25) is 5.43 Å². The Bertz CT molecular complexity index is 6210. The van der Waals surface area contributed by atoms with Crippen molar-refractivity contribution in [3.63, 3.8) is 0 Å². The van der Waals surface area contributed by atoms with Gasteiger partial charge in [-0.15, -0.1) is 71.4 Å². The number of hydrogen-bond acceptors (Lipinski definition) is 17. The number of carbonyl (C=O) groups is 5. The highest BCUT2D eigenvalue weighted by atomic mass is 32.2. The van der Waals surface area contributed by atoms with Crippen molar-refractivity contribution in [3.05, 3.63) is 385 Å². The third-order valence-electron chi connectivity index (χ3n) is 16.0. The first-order valence-corrected chi connectivity index (χ1v) is 37.5. The maximum absolute atomic E-state index is 13.9. The fourth-order valence-electron chi connectivity index (χ4n) is 10.7. The van der Waals surface area contributed by atoms with Crippen LogP contribution in [0.2, 0.25) is 0 Å². The van der Waals surface area contributed by atoms with Gasteiger partial charge in [-0.3, -0.25) is 24.1 Å². The van der Waals surface area contributed by atoms with Gasteiger partial charge in [0.1, 0.15) is 12.7 Å². The number of carbonyl (C=O) groups excluding carboxylic acids is 4. The van der Waals surface area contributed by atoms with Gasteiger partial charge >= 0.3 is 17.9 Å². The van der Waals surface area contributed by atoms with Gasteiger partial charge in [0, 0.05) is 109 Å². The molecule has 12 aromatic rings. The largest absolute Gasteiger partial charge is 0.502 e. The summed E-state index contributed by atoms with van der Waals surface area (Å²) in [6.45, 7) is -11.4. The number of methoxy groups -OCH3 is 2. The van der Waals surface area contributed by atoms with Crippen LogP contribution >= 0.6 is 71.4 Å². The van der Waals surface area contributed by atoms with Crippen LogP contribution in [-0.4, -0.2) is 81.4 Å². The number of carboxylic acids is 1. The lowest BCUT2D eigenvalue weighted by Gasteiger charge is -2.45. The molecular weight excluding hydrogens is 1480 g/mol. The molecule has 2 unspecified atom stereocenters. The molecule has 0 saturated carbocycles. The molecule has 5 heterocycles. The molecule has 0 radical (unpaired) electrons. The topological polar surface area (TPSA) is 193 Å². The zero-order chi connectivity index (χ0) is 94.4. The van der Waals surface area contributed by atoms with Crippen molar-refractivity contribution in [1.82, 2.24) is 9.58 Å². The maximum Gasteiger partial charge on any atom is 0.338 e. The Morgan fingerprint density at radius 1 is 0.541 bits per heavy atom. The normalized spacial score (nSPS) is 19.8. The minimum Gasteiger partial charge on any atom is -0.502 e. The molecule has 2 atom stereocenters. The van der Waals surface area contributed by atoms with Crippen molar-refractivity contribution in [2.45, 2.75) is 89.7 Å². The number of aliphatic hydroxyl groups excluding tert-OH is 1. The Labute approximate surface area is 689 Å². The Kier molecular flexibility index (Phi) is 20.4. The van der Waals surface area contributed by atoms with E-state index in [0.29, 0.717) is 91.1 Å². The molecule has 1 amide bonds. The molecule has 109 heavy (non-hydrogen) atoms. The lowest BCUT2D eigenvalue weighted by atomic mass is 9.94. The van der Waals surface area contributed by atoms with Crippen LogP contribution < -0.4 is 10.4 Å². The number of hydrogen-bond donors (Lipinski definition) is 4. The van der Waals surface area contributed by atoms with Gasteiger partial charge in [0.15, 0.2) is 17.2 Å². The number of benzene rings is 11. The first kappa shape index (κ1) is 56.8. The third kappa shape index (κ3) is 20.1. The highest BCUT2D eigenvalue weighted by Crippen LogP contribution is 2.44. The number of ketones is 1. The SMILES string of the molecule is COC(=O)c1ccccc1S.[2H]C([2H])(Sc1ccccc1C(=O)O)c1ccccc1.[2H]C([2H])(Sc1ccccc1C(=O)OC)c1ccccc1.[2H]C1([2H])Sc2ccccc2C(=O)c2ccccc21.[2H]C1([2H])Sc2ccccc2C(O)c2ccccc21.[2H]C1([2H])Sc2ccccc2C([2H])(N2n3ccc(=O)c(O)c3C(=O)N(C([2H])(C([2H])([2H])[2H])C([2H])([2H])[2H])C2([2H])[2H])c2ccccc21. The molecule has 1 aromatic heterocycles. The Morgan fingerprint density at radius 2 is 0.982 bits per heavy atom. The number of esters is 2. The van der Waals surface area contributed by atoms with Crippen LogP contribution in [0.4, 0.5) is 0 Å². The van der Waals surface area contributed by atoms with E-state index in [0.717, 1.165) is 69.8 Å². The second kappa shape index (κ2) is 39.1. The van der Waals surface area contributed by atoms with Gasteiger partial charge in [0.05, 0.1) is 42.4 Å². The molecular formula is C89H79N3O11S6. The number of rotatable bonds is 11. The Hall–Kier alpha value is -10.4. The zero-order valence-corrected chi connectivity index (χ0v) is 62.7. The summed E-state index contributed by atoms with van der Waals surface area (Å²) >= 11 is 8.95. The van der Waals surface area contributed by atoms with E-state index in [2.05, 4.69) is 17.4 Å². The molecule has 4 aliphatic rings. The summed E-state index contributed by atoms with van der Waals surface area (Å²) in [6.07, 6.45) is 0.0945. The number of ether oxygens (including phenoxy) is 2. The van der Waals surface area contributed by atoms with E-state index in [-0.39, 0.29) is 43.8 Å². The van der Waals surface area contributed by atoms with E-state index in [1.165, 1.54) is 62.8 Å². The summed E-state index contributed by atoms with van der Waals surface area (Å²) in [5, 5.41) is 30.8. The second-order valence-corrected chi connectivity index (χ2v) is 27.7. The second-order valence-electron chi connectivity index (χ2n) is 23.0. The summed E-state index contributed by atoms with van der Waals surface area (Å²) in [7, 11) is 2.66. The summed E-state index contributed by atoms with van der Waals surface area (Å²) in [6, 6.07) is 72.2.